The Labute approximate surface area is 126 Å². The highest BCUT2D eigenvalue weighted by Gasteiger charge is 2.45. The number of nitrogens with zero attached hydrogens (tertiary/aromatic N) is 1. The van der Waals surface area contributed by atoms with Crippen molar-refractivity contribution in [2.75, 3.05) is 6.54 Å². The fraction of sp³-hybridized carbons (Fsp3) is 0.300. The first kappa shape index (κ1) is 12.8. The Morgan fingerprint density at radius 2 is 1.43 bits per heavy atom. The Morgan fingerprint density at radius 3 is 2.10 bits per heavy atom. The molecule has 2 saturated heterocycles. The summed E-state index contributed by atoms with van der Waals surface area (Å²) in [6, 6.07) is 23.1. The summed E-state index contributed by atoms with van der Waals surface area (Å²) in [6.45, 7) is 5.43. The topological polar surface area (TPSA) is 3.24 Å². The molecule has 0 aromatic heterocycles. The van der Waals surface area contributed by atoms with Gasteiger partial charge >= 0.3 is 0 Å². The van der Waals surface area contributed by atoms with Crippen LogP contribution in [0.15, 0.2) is 72.8 Å². The van der Waals surface area contributed by atoms with E-state index in [4.69, 9.17) is 0 Å². The van der Waals surface area contributed by atoms with Gasteiger partial charge in [-0.1, -0.05) is 72.8 Å². The van der Waals surface area contributed by atoms with Gasteiger partial charge in [-0.15, -0.1) is 0 Å². The highest BCUT2D eigenvalue weighted by Crippen LogP contribution is 2.49. The standard InChI is InChI=1S/C20H21N/c1-15-14-21-18(16-8-4-2-5-9-16)12-13-19(21)20(15)17-10-6-3-7-11-17/h2-11,18-20H,1,12-14H2/t18-,19-,20-/m1/s1. The van der Waals surface area contributed by atoms with Gasteiger partial charge in [0.25, 0.3) is 0 Å². The third kappa shape index (κ3) is 2.13. The Kier molecular flexibility index (Phi) is 3.16. The first-order valence-electron chi connectivity index (χ1n) is 7.88. The summed E-state index contributed by atoms with van der Waals surface area (Å²) >= 11 is 0. The van der Waals surface area contributed by atoms with Gasteiger partial charge in [0, 0.05) is 24.5 Å². The molecule has 0 unspecified atom stereocenters. The summed E-state index contributed by atoms with van der Waals surface area (Å²) in [5, 5.41) is 0. The van der Waals surface area contributed by atoms with Gasteiger partial charge in [-0.3, -0.25) is 4.90 Å². The van der Waals surface area contributed by atoms with Crippen molar-refractivity contribution in [3.63, 3.8) is 0 Å². The van der Waals surface area contributed by atoms with Crippen molar-refractivity contribution in [3.8, 4) is 0 Å². The lowest BCUT2D eigenvalue weighted by molar-refractivity contribution is 0.244. The van der Waals surface area contributed by atoms with Crippen LogP contribution in [-0.2, 0) is 0 Å². The minimum absolute atomic E-state index is 0.514. The van der Waals surface area contributed by atoms with Crippen molar-refractivity contribution in [1.29, 1.82) is 0 Å². The molecule has 3 atom stereocenters. The van der Waals surface area contributed by atoms with Crippen LogP contribution in [0.3, 0.4) is 0 Å². The maximum Gasteiger partial charge on any atom is 0.0355 e. The molecule has 2 fully saturated rings. The van der Waals surface area contributed by atoms with Crippen LogP contribution in [0.1, 0.15) is 35.9 Å². The van der Waals surface area contributed by atoms with Crippen molar-refractivity contribution in [2.45, 2.75) is 30.8 Å². The van der Waals surface area contributed by atoms with E-state index in [1.54, 1.807) is 0 Å². The Bertz CT molecular complexity index is 631. The van der Waals surface area contributed by atoms with E-state index >= 15 is 0 Å². The molecule has 0 spiro atoms. The van der Waals surface area contributed by atoms with Gasteiger partial charge in [0.1, 0.15) is 0 Å². The van der Waals surface area contributed by atoms with Crippen molar-refractivity contribution >= 4 is 0 Å². The molecule has 2 aliphatic heterocycles. The lowest BCUT2D eigenvalue weighted by Gasteiger charge is -2.25. The van der Waals surface area contributed by atoms with E-state index < -0.39 is 0 Å². The maximum atomic E-state index is 4.38. The van der Waals surface area contributed by atoms with Gasteiger partial charge in [-0.25, -0.2) is 0 Å². The lowest BCUT2D eigenvalue weighted by atomic mass is 9.87. The second-order valence-corrected chi connectivity index (χ2v) is 6.29. The number of hydrogen-bond donors (Lipinski definition) is 0. The van der Waals surface area contributed by atoms with E-state index in [-0.39, 0.29) is 0 Å². The van der Waals surface area contributed by atoms with Crippen LogP contribution in [0.4, 0.5) is 0 Å². The monoisotopic (exact) mass is 275 g/mol. The highest BCUT2D eigenvalue weighted by atomic mass is 15.2. The summed E-state index contributed by atoms with van der Waals surface area (Å²) < 4.78 is 0. The molecule has 21 heavy (non-hydrogen) atoms. The molecule has 0 radical (unpaired) electrons. The Balaban J connectivity index is 1.65. The first-order valence-corrected chi connectivity index (χ1v) is 7.88. The molecule has 0 aliphatic carbocycles. The lowest BCUT2D eigenvalue weighted by Crippen LogP contribution is -2.27. The molecule has 0 N–H and O–H groups in total. The molecular weight excluding hydrogens is 254 g/mol. The Morgan fingerprint density at radius 1 is 0.810 bits per heavy atom. The van der Waals surface area contributed by atoms with Crippen molar-refractivity contribution in [1.82, 2.24) is 4.90 Å². The second kappa shape index (κ2) is 5.16. The van der Waals surface area contributed by atoms with E-state index in [1.807, 2.05) is 0 Å². The van der Waals surface area contributed by atoms with E-state index in [1.165, 1.54) is 29.5 Å². The van der Waals surface area contributed by atoms with Gasteiger partial charge in [-0.05, 0) is 24.0 Å². The average molecular weight is 275 g/mol. The molecule has 0 saturated carbocycles. The molecule has 2 aromatic rings. The first-order chi connectivity index (χ1) is 10.3. The van der Waals surface area contributed by atoms with Gasteiger partial charge in [0.05, 0.1) is 0 Å². The number of hydrogen-bond acceptors (Lipinski definition) is 1. The summed E-state index contributed by atoms with van der Waals surface area (Å²) in [7, 11) is 0. The van der Waals surface area contributed by atoms with Crippen LogP contribution in [0.2, 0.25) is 0 Å². The zero-order valence-corrected chi connectivity index (χ0v) is 12.3. The van der Waals surface area contributed by atoms with Gasteiger partial charge < -0.3 is 0 Å². The van der Waals surface area contributed by atoms with E-state index in [9.17, 15) is 0 Å². The normalized spacial score (nSPS) is 28.8. The smallest absolute Gasteiger partial charge is 0.0355 e. The van der Waals surface area contributed by atoms with E-state index in [0.717, 1.165) is 6.54 Å². The Hall–Kier alpha value is -1.86. The third-order valence-corrected chi connectivity index (χ3v) is 5.12. The SMILES string of the molecule is C=C1CN2[C@@H](c3ccccc3)CC[C@@H]2[C@H]1c1ccccc1. The van der Waals surface area contributed by atoms with Crippen molar-refractivity contribution in [3.05, 3.63) is 83.9 Å². The fourth-order valence-electron chi connectivity index (χ4n) is 4.23. The molecule has 2 aliphatic rings. The number of fused-ring (bicyclic) bond motifs is 1. The quantitative estimate of drug-likeness (QED) is 0.727. The molecule has 106 valence electrons. The summed E-state index contributed by atoms with van der Waals surface area (Å²) in [5.74, 6) is 0.514. The summed E-state index contributed by atoms with van der Waals surface area (Å²) in [4.78, 5) is 2.68. The summed E-state index contributed by atoms with van der Waals surface area (Å²) in [5.41, 5.74) is 4.28. The van der Waals surface area contributed by atoms with E-state index in [0.29, 0.717) is 18.0 Å². The van der Waals surface area contributed by atoms with Crippen molar-refractivity contribution < 1.29 is 0 Å². The molecule has 1 heteroatoms. The van der Waals surface area contributed by atoms with Crippen molar-refractivity contribution in [2.24, 2.45) is 0 Å². The van der Waals surface area contributed by atoms with E-state index in [2.05, 4.69) is 72.1 Å². The number of rotatable bonds is 2. The van der Waals surface area contributed by atoms with Crippen LogP contribution in [0.5, 0.6) is 0 Å². The van der Waals surface area contributed by atoms with Crippen LogP contribution >= 0.6 is 0 Å². The molecule has 4 rings (SSSR count). The van der Waals surface area contributed by atoms with Crippen LogP contribution in [0.25, 0.3) is 0 Å². The minimum atomic E-state index is 0.514. The molecule has 2 heterocycles. The fourth-order valence-corrected chi connectivity index (χ4v) is 4.23. The minimum Gasteiger partial charge on any atom is -0.289 e. The van der Waals surface area contributed by atoms with Gasteiger partial charge in [0.15, 0.2) is 0 Å². The van der Waals surface area contributed by atoms with Crippen LogP contribution < -0.4 is 0 Å². The second-order valence-electron chi connectivity index (χ2n) is 6.29. The van der Waals surface area contributed by atoms with Gasteiger partial charge in [-0.2, -0.15) is 0 Å². The zero-order valence-electron chi connectivity index (χ0n) is 12.3. The zero-order chi connectivity index (χ0) is 14.2. The van der Waals surface area contributed by atoms with Gasteiger partial charge in [0.2, 0.25) is 0 Å². The maximum absolute atomic E-state index is 4.38. The average Bonchev–Trinajstić information content (AvgIpc) is 3.06. The molecule has 0 amide bonds. The largest absolute Gasteiger partial charge is 0.289 e. The predicted octanol–water partition coefficient (Wildman–Crippen LogP) is 4.55. The summed E-state index contributed by atoms with van der Waals surface area (Å²) in [6.07, 6.45) is 2.55. The highest BCUT2D eigenvalue weighted by molar-refractivity contribution is 5.36. The molecule has 2 aromatic carbocycles. The molecular formula is C20H21N. The van der Waals surface area contributed by atoms with Crippen LogP contribution in [-0.4, -0.2) is 17.5 Å². The number of benzene rings is 2. The van der Waals surface area contributed by atoms with Crippen LogP contribution in [0, 0.1) is 0 Å². The third-order valence-electron chi connectivity index (χ3n) is 5.12. The molecule has 1 nitrogen and oxygen atoms in total. The molecule has 0 bridgehead atoms. The predicted molar refractivity (Wildman–Crippen MR) is 87.2 cm³/mol.